The molecule has 5 heteroatoms. The minimum atomic E-state index is -0.131. The Kier molecular flexibility index (Phi) is 4.77. The Morgan fingerprint density at radius 3 is 2.42 bits per heavy atom. The lowest BCUT2D eigenvalue weighted by Crippen LogP contribution is -2.22. The van der Waals surface area contributed by atoms with Crippen LogP contribution in [0.1, 0.15) is 11.4 Å². The van der Waals surface area contributed by atoms with Gasteiger partial charge in [0, 0.05) is 11.6 Å². The zero-order chi connectivity index (χ0) is 21.2. The van der Waals surface area contributed by atoms with Gasteiger partial charge in [0.25, 0.3) is 5.56 Å². The van der Waals surface area contributed by atoms with Gasteiger partial charge in [-0.1, -0.05) is 36.4 Å². The molecule has 0 N–H and O–H groups in total. The molecule has 3 aromatic carbocycles. The number of rotatable bonds is 4. The first-order chi connectivity index (χ1) is 15.2. The summed E-state index contributed by atoms with van der Waals surface area (Å²) in [6.07, 6.45) is 5.57. The maximum atomic E-state index is 13.6. The number of fused-ring (bicyclic) bond motifs is 3. The van der Waals surface area contributed by atoms with Gasteiger partial charge >= 0.3 is 0 Å². The normalized spacial score (nSPS) is 11.4. The molecule has 0 aliphatic rings. The van der Waals surface area contributed by atoms with Crippen molar-refractivity contribution in [3.63, 3.8) is 0 Å². The summed E-state index contributed by atoms with van der Waals surface area (Å²) >= 11 is 0. The average Bonchev–Trinajstić information content (AvgIpc) is 2.83. The molecule has 2 heterocycles. The first-order valence-corrected chi connectivity index (χ1v) is 9.93. The third-order valence-corrected chi connectivity index (χ3v) is 5.20. The highest BCUT2D eigenvalue weighted by molar-refractivity contribution is 6.03. The van der Waals surface area contributed by atoms with Gasteiger partial charge < -0.3 is 4.74 Å². The minimum absolute atomic E-state index is 0.131. The Morgan fingerprint density at radius 1 is 0.839 bits per heavy atom. The zero-order valence-electron chi connectivity index (χ0n) is 16.9. The Morgan fingerprint density at radius 2 is 1.65 bits per heavy atom. The van der Waals surface area contributed by atoms with E-state index in [1.807, 2.05) is 84.9 Å². The number of ether oxygens (including phenoxy) is 1. The van der Waals surface area contributed by atoms with Crippen LogP contribution in [0.15, 0.2) is 89.9 Å². The van der Waals surface area contributed by atoms with E-state index in [2.05, 4.69) is 4.98 Å². The van der Waals surface area contributed by atoms with Crippen molar-refractivity contribution in [3.8, 4) is 11.4 Å². The number of aromatic nitrogens is 3. The van der Waals surface area contributed by atoms with Crippen LogP contribution in [0.3, 0.4) is 0 Å². The van der Waals surface area contributed by atoms with Crippen molar-refractivity contribution < 1.29 is 4.74 Å². The van der Waals surface area contributed by atoms with Crippen molar-refractivity contribution in [1.82, 2.24) is 14.5 Å². The Hall–Kier alpha value is -4.25. The van der Waals surface area contributed by atoms with Crippen LogP contribution >= 0.6 is 0 Å². The SMILES string of the molecule is COc1ccc(-n2c(C=Cc3ccccc3)nc3c(ccc4ncccc43)c2=O)cc1. The summed E-state index contributed by atoms with van der Waals surface area (Å²) in [6.45, 7) is 0. The van der Waals surface area contributed by atoms with E-state index in [0.717, 1.165) is 27.9 Å². The summed E-state index contributed by atoms with van der Waals surface area (Å²) in [5, 5.41) is 1.40. The molecule has 0 fully saturated rings. The molecule has 0 saturated heterocycles. The molecule has 0 unspecified atom stereocenters. The summed E-state index contributed by atoms with van der Waals surface area (Å²) < 4.78 is 6.89. The highest BCUT2D eigenvalue weighted by atomic mass is 16.5. The molecule has 0 aliphatic heterocycles. The van der Waals surface area contributed by atoms with Gasteiger partial charge in [0.05, 0.1) is 29.2 Å². The van der Waals surface area contributed by atoms with Crippen LogP contribution < -0.4 is 10.3 Å². The Labute approximate surface area is 178 Å². The molecule has 2 aromatic heterocycles. The summed E-state index contributed by atoms with van der Waals surface area (Å²) in [5.41, 5.74) is 3.07. The molecule has 0 spiro atoms. The van der Waals surface area contributed by atoms with E-state index < -0.39 is 0 Å². The number of methoxy groups -OCH3 is 1. The predicted molar refractivity (Wildman–Crippen MR) is 125 cm³/mol. The average molecular weight is 405 g/mol. The number of hydrogen-bond donors (Lipinski definition) is 0. The van der Waals surface area contributed by atoms with Crippen LogP contribution in [0.4, 0.5) is 0 Å². The van der Waals surface area contributed by atoms with Gasteiger partial charge in [-0.2, -0.15) is 0 Å². The third kappa shape index (κ3) is 3.46. The molecule has 5 aromatic rings. The monoisotopic (exact) mass is 405 g/mol. The van der Waals surface area contributed by atoms with E-state index in [0.29, 0.717) is 16.7 Å². The number of benzene rings is 3. The van der Waals surface area contributed by atoms with Gasteiger partial charge in [-0.3, -0.25) is 14.3 Å². The molecule has 31 heavy (non-hydrogen) atoms. The highest BCUT2D eigenvalue weighted by Gasteiger charge is 2.14. The fourth-order valence-electron chi connectivity index (χ4n) is 3.65. The van der Waals surface area contributed by atoms with Crippen molar-refractivity contribution in [3.05, 3.63) is 107 Å². The van der Waals surface area contributed by atoms with Gasteiger partial charge in [-0.25, -0.2) is 4.98 Å². The molecule has 0 radical (unpaired) electrons. The van der Waals surface area contributed by atoms with Crippen LogP contribution in [0.5, 0.6) is 5.75 Å². The predicted octanol–water partition coefficient (Wildman–Crippen LogP) is 5.11. The van der Waals surface area contributed by atoms with E-state index >= 15 is 0 Å². The van der Waals surface area contributed by atoms with Crippen molar-refractivity contribution >= 4 is 34.0 Å². The summed E-state index contributed by atoms with van der Waals surface area (Å²) in [4.78, 5) is 22.9. The second-order valence-corrected chi connectivity index (χ2v) is 7.08. The van der Waals surface area contributed by atoms with E-state index in [1.54, 1.807) is 23.9 Å². The maximum Gasteiger partial charge on any atom is 0.266 e. The van der Waals surface area contributed by atoms with Crippen molar-refractivity contribution in [2.45, 2.75) is 0 Å². The molecular weight excluding hydrogens is 386 g/mol. The fraction of sp³-hybridized carbons (Fsp3) is 0.0385. The Balaban J connectivity index is 1.80. The second kappa shape index (κ2) is 7.88. The molecule has 5 nitrogen and oxygen atoms in total. The Bertz CT molecular complexity index is 1470. The van der Waals surface area contributed by atoms with Crippen molar-refractivity contribution in [1.29, 1.82) is 0 Å². The van der Waals surface area contributed by atoms with Crippen LogP contribution in [-0.4, -0.2) is 21.6 Å². The number of hydrogen-bond acceptors (Lipinski definition) is 4. The van der Waals surface area contributed by atoms with Gasteiger partial charge in [0.15, 0.2) is 0 Å². The van der Waals surface area contributed by atoms with E-state index in [4.69, 9.17) is 9.72 Å². The summed E-state index contributed by atoms with van der Waals surface area (Å²) in [5.74, 6) is 1.27. The second-order valence-electron chi connectivity index (χ2n) is 7.08. The van der Waals surface area contributed by atoms with E-state index in [1.165, 1.54) is 0 Å². The molecular formula is C26H19N3O2. The standard InChI is InChI=1S/C26H19N3O2/c1-31-20-12-10-19(11-13-20)29-24(16-9-18-6-3-2-4-7-18)28-25-21-8-5-17-27-23(21)15-14-22(25)26(29)30/h2-17H,1H3. The highest BCUT2D eigenvalue weighted by Crippen LogP contribution is 2.23. The van der Waals surface area contributed by atoms with Crippen LogP contribution in [0, 0.1) is 0 Å². The fourth-order valence-corrected chi connectivity index (χ4v) is 3.65. The van der Waals surface area contributed by atoms with Gasteiger partial charge in [0.2, 0.25) is 0 Å². The third-order valence-electron chi connectivity index (χ3n) is 5.20. The lowest BCUT2D eigenvalue weighted by Gasteiger charge is -2.13. The van der Waals surface area contributed by atoms with E-state index in [-0.39, 0.29) is 5.56 Å². The quantitative estimate of drug-likeness (QED) is 0.390. The summed E-state index contributed by atoms with van der Waals surface area (Å²) in [7, 11) is 1.62. The first kappa shape index (κ1) is 18.8. The van der Waals surface area contributed by atoms with Crippen molar-refractivity contribution in [2.24, 2.45) is 0 Å². The smallest absolute Gasteiger partial charge is 0.266 e. The summed E-state index contributed by atoms with van der Waals surface area (Å²) in [6, 6.07) is 24.8. The molecule has 5 rings (SSSR count). The largest absolute Gasteiger partial charge is 0.497 e. The molecule has 0 amide bonds. The van der Waals surface area contributed by atoms with Crippen molar-refractivity contribution in [2.75, 3.05) is 7.11 Å². The van der Waals surface area contributed by atoms with Gasteiger partial charge in [0.1, 0.15) is 11.6 Å². The molecule has 0 atom stereocenters. The molecule has 0 bridgehead atoms. The van der Waals surface area contributed by atoms with E-state index in [9.17, 15) is 4.79 Å². The number of pyridine rings is 1. The van der Waals surface area contributed by atoms with Crippen LogP contribution in [0.2, 0.25) is 0 Å². The first-order valence-electron chi connectivity index (χ1n) is 9.93. The zero-order valence-corrected chi connectivity index (χ0v) is 16.9. The molecule has 0 saturated carbocycles. The minimum Gasteiger partial charge on any atom is -0.497 e. The van der Waals surface area contributed by atoms with Crippen LogP contribution in [0.25, 0.3) is 39.6 Å². The lowest BCUT2D eigenvalue weighted by molar-refractivity contribution is 0.414. The van der Waals surface area contributed by atoms with Crippen LogP contribution in [-0.2, 0) is 0 Å². The lowest BCUT2D eigenvalue weighted by atomic mass is 10.1. The van der Waals surface area contributed by atoms with Gasteiger partial charge in [-0.15, -0.1) is 0 Å². The maximum absolute atomic E-state index is 13.6. The molecule has 0 aliphatic carbocycles. The topological polar surface area (TPSA) is 57.0 Å². The number of nitrogens with zero attached hydrogens (tertiary/aromatic N) is 3. The molecule has 150 valence electrons. The van der Waals surface area contributed by atoms with Gasteiger partial charge in [-0.05, 0) is 60.2 Å².